The van der Waals surface area contributed by atoms with Crippen molar-refractivity contribution in [2.75, 3.05) is 5.32 Å². The van der Waals surface area contributed by atoms with E-state index in [1.165, 1.54) is 11.1 Å². The molecule has 0 atom stereocenters. The Bertz CT molecular complexity index is 611. The summed E-state index contributed by atoms with van der Waals surface area (Å²) in [6.07, 6.45) is 0. The Kier molecular flexibility index (Phi) is 4.39. The smallest absolute Gasteiger partial charge is 0.171 e. The average Bonchev–Trinajstić information content (AvgIpc) is 2.71. The highest BCUT2D eigenvalue weighted by molar-refractivity contribution is 7.80. The second-order valence-electron chi connectivity index (χ2n) is 5.01. The van der Waals surface area contributed by atoms with Crippen molar-refractivity contribution in [3.63, 3.8) is 0 Å². The van der Waals surface area contributed by atoms with Gasteiger partial charge in [0.15, 0.2) is 5.11 Å². The van der Waals surface area contributed by atoms with Crippen molar-refractivity contribution in [1.29, 1.82) is 0 Å². The molecule has 0 bridgehead atoms. The highest BCUT2D eigenvalue weighted by Gasteiger charge is 2.03. The van der Waals surface area contributed by atoms with E-state index in [9.17, 15) is 0 Å². The van der Waals surface area contributed by atoms with Crippen LogP contribution in [0.2, 0.25) is 0 Å². The van der Waals surface area contributed by atoms with Gasteiger partial charge in [0.1, 0.15) is 0 Å². The molecule has 0 saturated carbocycles. The monoisotopic (exact) mass is 288 g/mol. The Labute approximate surface area is 125 Å². The molecule has 4 nitrogen and oxygen atoms in total. The normalized spacial score (nSPS) is 10.4. The molecule has 1 aromatic carbocycles. The summed E-state index contributed by atoms with van der Waals surface area (Å²) in [6, 6.07) is 8.25. The topological polar surface area (TPSA) is 41.9 Å². The lowest BCUT2D eigenvalue weighted by Gasteiger charge is -2.11. The van der Waals surface area contributed by atoms with Gasteiger partial charge in [0, 0.05) is 18.4 Å². The number of thiocarbonyl (C=S) groups is 1. The molecule has 0 aliphatic rings. The highest BCUT2D eigenvalue weighted by atomic mass is 32.1. The molecule has 0 aliphatic carbocycles. The van der Waals surface area contributed by atoms with Gasteiger partial charge in [-0.15, -0.1) is 0 Å². The van der Waals surface area contributed by atoms with E-state index in [4.69, 9.17) is 12.2 Å². The maximum absolute atomic E-state index is 5.29. The first-order chi connectivity index (χ1) is 9.45. The first-order valence-corrected chi connectivity index (χ1v) is 6.98. The minimum atomic E-state index is 0.608. The molecule has 2 N–H and O–H groups in total. The Balaban J connectivity index is 1.90. The number of aryl methyl sites for hydroxylation is 4. The fourth-order valence-electron chi connectivity index (χ4n) is 1.89. The summed E-state index contributed by atoms with van der Waals surface area (Å²) in [4.78, 5) is 0. The third-order valence-electron chi connectivity index (χ3n) is 3.36. The molecule has 0 spiro atoms. The lowest BCUT2D eigenvalue weighted by atomic mass is 10.1. The number of hydrogen-bond donors (Lipinski definition) is 2. The first-order valence-electron chi connectivity index (χ1n) is 6.57. The molecule has 2 rings (SSSR count). The number of rotatable bonds is 3. The van der Waals surface area contributed by atoms with Crippen molar-refractivity contribution in [2.45, 2.75) is 27.3 Å². The van der Waals surface area contributed by atoms with Crippen LogP contribution >= 0.6 is 12.2 Å². The van der Waals surface area contributed by atoms with Gasteiger partial charge >= 0.3 is 0 Å². The standard InChI is InChI=1S/C15H20N4S/c1-10-5-6-13(7-11(10)2)17-15(20)16-9-14-8-12(3)19(4)18-14/h5-8H,9H2,1-4H3,(H2,16,17,20). The van der Waals surface area contributed by atoms with Gasteiger partial charge in [-0.25, -0.2) is 0 Å². The summed E-state index contributed by atoms with van der Waals surface area (Å²) >= 11 is 5.29. The third-order valence-corrected chi connectivity index (χ3v) is 3.61. The van der Waals surface area contributed by atoms with Gasteiger partial charge in [0.2, 0.25) is 0 Å². The predicted octanol–water partition coefficient (Wildman–Crippen LogP) is 2.83. The van der Waals surface area contributed by atoms with Crippen LogP contribution < -0.4 is 10.6 Å². The Hall–Kier alpha value is -1.88. The van der Waals surface area contributed by atoms with Crippen LogP contribution in [0.4, 0.5) is 5.69 Å². The lowest BCUT2D eigenvalue weighted by molar-refractivity contribution is 0.712. The lowest BCUT2D eigenvalue weighted by Crippen LogP contribution is -2.28. The van der Waals surface area contributed by atoms with Crippen LogP contribution in [0, 0.1) is 20.8 Å². The van der Waals surface area contributed by atoms with Crippen molar-refractivity contribution in [1.82, 2.24) is 15.1 Å². The largest absolute Gasteiger partial charge is 0.357 e. The number of nitrogens with one attached hydrogen (secondary N) is 2. The molecule has 2 aromatic rings. The van der Waals surface area contributed by atoms with E-state index in [1.54, 1.807) is 0 Å². The number of aromatic nitrogens is 2. The molecule has 1 heterocycles. The zero-order valence-electron chi connectivity index (χ0n) is 12.3. The summed E-state index contributed by atoms with van der Waals surface area (Å²) in [5.74, 6) is 0. The van der Waals surface area contributed by atoms with Gasteiger partial charge in [-0.2, -0.15) is 5.10 Å². The second kappa shape index (κ2) is 6.05. The Morgan fingerprint density at radius 1 is 1.20 bits per heavy atom. The number of anilines is 1. The van der Waals surface area contributed by atoms with Crippen molar-refractivity contribution >= 4 is 23.0 Å². The summed E-state index contributed by atoms with van der Waals surface area (Å²) < 4.78 is 1.86. The van der Waals surface area contributed by atoms with Crippen LogP contribution in [0.25, 0.3) is 0 Å². The molecule has 106 valence electrons. The molecular weight excluding hydrogens is 268 g/mol. The molecule has 20 heavy (non-hydrogen) atoms. The average molecular weight is 288 g/mol. The van der Waals surface area contributed by atoms with Crippen molar-refractivity contribution in [3.05, 3.63) is 46.8 Å². The first kappa shape index (κ1) is 14.5. The van der Waals surface area contributed by atoms with Crippen molar-refractivity contribution in [2.24, 2.45) is 7.05 Å². The van der Waals surface area contributed by atoms with E-state index >= 15 is 0 Å². The molecule has 0 unspecified atom stereocenters. The van der Waals surface area contributed by atoms with E-state index in [-0.39, 0.29) is 0 Å². The quantitative estimate of drug-likeness (QED) is 0.852. The van der Waals surface area contributed by atoms with Crippen LogP contribution in [0.15, 0.2) is 24.3 Å². The SMILES string of the molecule is Cc1ccc(NC(=S)NCc2cc(C)n(C)n2)cc1C. The summed E-state index contributed by atoms with van der Waals surface area (Å²) in [6.45, 7) is 6.84. The van der Waals surface area contributed by atoms with E-state index in [0.717, 1.165) is 17.1 Å². The zero-order valence-corrected chi connectivity index (χ0v) is 13.1. The molecule has 0 amide bonds. The van der Waals surface area contributed by atoms with Crippen LogP contribution in [0.3, 0.4) is 0 Å². The fourth-order valence-corrected chi connectivity index (χ4v) is 2.08. The third kappa shape index (κ3) is 3.57. The molecular formula is C15H20N4S. The van der Waals surface area contributed by atoms with Crippen molar-refractivity contribution < 1.29 is 0 Å². The number of hydrogen-bond acceptors (Lipinski definition) is 2. The van der Waals surface area contributed by atoms with Gasteiger partial charge in [0.05, 0.1) is 12.2 Å². The van der Waals surface area contributed by atoms with E-state index in [0.29, 0.717) is 11.7 Å². The maximum Gasteiger partial charge on any atom is 0.171 e. The summed E-state index contributed by atoms with van der Waals surface area (Å²) in [5, 5.41) is 11.3. The maximum atomic E-state index is 5.29. The van der Waals surface area contributed by atoms with Gasteiger partial charge in [-0.1, -0.05) is 6.07 Å². The minimum absolute atomic E-state index is 0.608. The Morgan fingerprint density at radius 3 is 2.55 bits per heavy atom. The zero-order chi connectivity index (χ0) is 14.7. The highest BCUT2D eigenvalue weighted by Crippen LogP contribution is 2.14. The number of nitrogens with zero attached hydrogens (tertiary/aromatic N) is 2. The Morgan fingerprint density at radius 2 is 1.95 bits per heavy atom. The van der Waals surface area contributed by atoms with Gasteiger partial charge in [-0.3, -0.25) is 4.68 Å². The fraction of sp³-hybridized carbons (Fsp3) is 0.333. The molecule has 0 saturated heterocycles. The van der Waals surface area contributed by atoms with Crippen molar-refractivity contribution in [3.8, 4) is 0 Å². The van der Waals surface area contributed by atoms with E-state index < -0.39 is 0 Å². The van der Waals surface area contributed by atoms with Crippen LogP contribution in [-0.2, 0) is 13.6 Å². The second-order valence-corrected chi connectivity index (χ2v) is 5.42. The predicted molar refractivity (Wildman–Crippen MR) is 86.9 cm³/mol. The molecule has 0 aliphatic heterocycles. The van der Waals surface area contributed by atoms with E-state index in [1.807, 2.05) is 30.8 Å². The van der Waals surface area contributed by atoms with Crippen LogP contribution in [-0.4, -0.2) is 14.9 Å². The summed E-state index contributed by atoms with van der Waals surface area (Å²) in [5.41, 5.74) is 5.64. The molecule has 5 heteroatoms. The molecule has 0 fully saturated rings. The molecule has 0 radical (unpaired) electrons. The van der Waals surface area contributed by atoms with Crippen LogP contribution in [0.5, 0.6) is 0 Å². The van der Waals surface area contributed by atoms with E-state index in [2.05, 4.69) is 41.7 Å². The van der Waals surface area contributed by atoms with Crippen LogP contribution in [0.1, 0.15) is 22.5 Å². The van der Waals surface area contributed by atoms with Gasteiger partial charge in [-0.05, 0) is 62.3 Å². The summed E-state index contributed by atoms with van der Waals surface area (Å²) in [7, 11) is 1.94. The number of benzene rings is 1. The molecule has 1 aromatic heterocycles. The van der Waals surface area contributed by atoms with Gasteiger partial charge < -0.3 is 10.6 Å². The minimum Gasteiger partial charge on any atom is -0.357 e. The van der Waals surface area contributed by atoms with Gasteiger partial charge in [0.25, 0.3) is 0 Å².